The van der Waals surface area contributed by atoms with Crippen LogP contribution < -0.4 is 4.90 Å². The maximum Gasteiger partial charge on any atom is 0.414 e. The summed E-state index contributed by atoms with van der Waals surface area (Å²) < 4.78 is 5.49. The molecule has 0 saturated carbocycles. The zero-order valence-corrected chi connectivity index (χ0v) is 11.6. The minimum absolute atomic E-state index is 0.127. The minimum atomic E-state index is -1.04. The standard InChI is InChI=1S/C13H12BrNO4/c1-2-5-19-13(18)15-4-3-8-6-10(14)9(12(16)17)7-11(8)15/h2,6-7H,1,3-5H2,(H,16,17). The molecule has 0 fully saturated rings. The topological polar surface area (TPSA) is 66.8 Å². The summed E-state index contributed by atoms with van der Waals surface area (Å²) in [5, 5.41) is 9.09. The van der Waals surface area contributed by atoms with Crippen molar-refractivity contribution in [3.05, 3.63) is 40.4 Å². The third-order valence-corrected chi connectivity index (χ3v) is 3.50. The number of ether oxygens (including phenoxy) is 1. The van der Waals surface area contributed by atoms with Gasteiger partial charge in [-0.05, 0) is 40.0 Å². The highest BCUT2D eigenvalue weighted by Gasteiger charge is 2.27. The zero-order chi connectivity index (χ0) is 14.0. The Hall–Kier alpha value is -1.82. The molecule has 0 unspecified atom stereocenters. The third kappa shape index (κ3) is 2.63. The van der Waals surface area contributed by atoms with Crippen LogP contribution in [-0.2, 0) is 11.2 Å². The van der Waals surface area contributed by atoms with Crippen molar-refractivity contribution < 1.29 is 19.4 Å². The lowest BCUT2D eigenvalue weighted by molar-refractivity contribution is 0.0695. The molecule has 100 valence electrons. The van der Waals surface area contributed by atoms with E-state index < -0.39 is 12.1 Å². The first-order chi connectivity index (χ1) is 9.04. The molecule has 6 heteroatoms. The molecule has 1 aromatic rings. The number of aromatic carboxylic acids is 1. The van der Waals surface area contributed by atoms with E-state index in [-0.39, 0.29) is 12.2 Å². The lowest BCUT2D eigenvalue weighted by atomic mass is 10.1. The third-order valence-electron chi connectivity index (χ3n) is 2.84. The summed E-state index contributed by atoms with van der Waals surface area (Å²) in [7, 11) is 0. The molecule has 1 aromatic carbocycles. The summed E-state index contributed by atoms with van der Waals surface area (Å²) in [5.74, 6) is -1.04. The average Bonchev–Trinajstić information content (AvgIpc) is 2.77. The van der Waals surface area contributed by atoms with Crippen LogP contribution in [-0.4, -0.2) is 30.3 Å². The molecular weight excluding hydrogens is 314 g/mol. The van der Waals surface area contributed by atoms with Crippen molar-refractivity contribution in [2.45, 2.75) is 6.42 Å². The van der Waals surface area contributed by atoms with Gasteiger partial charge >= 0.3 is 12.1 Å². The Labute approximate surface area is 118 Å². The lowest BCUT2D eigenvalue weighted by Crippen LogP contribution is -2.29. The predicted octanol–water partition coefficient (Wildman–Crippen LogP) is 2.83. The van der Waals surface area contributed by atoms with Gasteiger partial charge in [-0.15, -0.1) is 0 Å². The van der Waals surface area contributed by atoms with E-state index >= 15 is 0 Å². The Balaban J connectivity index is 2.33. The van der Waals surface area contributed by atoms with Crippen LogP contribution in [0.2, 0.25) is 0 Å². The smallest absolute Gasteiger partial charge is 0.414 e. The number of nitrogens with zero attached hydrogens (tertiary/aromatic N) is 1. The summed E-state index contributed by atoms with van der Waals surface area (Å²) in [4.78, 5) is 24.4. The molecule has 0 aromatic heterocycles. The Bertz CT molecular complexity index is 556. The first-order valence-corrected chi connectivity index (χ1v) is 6.44. The van der Waals surface area contributed by atoms with Gasteiger partial charge in [0.15, 0.2) is 0 Å². The molecule has 1 aliphatic heterocycles. The van der Waals surface area contributed by atoms with Crippen LogP contribution in [0.3, 0.4) is 0 Å². The fourth-order valence-electron chi connectivity index (χ4n) is 1.97. The molecule has 2 rings (SSSR count). The van der Waals surface area contributed by atoms with Crippen LogP contribution in [0, 0.1) is 0 Å². The number of anilines is 1. The zero-order valence-electron chi connectivity index (χ0n) is 10.1. The van der Waals surface area contributed by atoms with E-state index in [4.69, 9.17) is 9.84 Å². The van der Waals surface area contributed by atoms with E-state index in [9.17, 15) is 9.59 Å². The largest absolute Gasteiger partial charge is 0.478 e. The number of carbonyl (C=O) groups is 2. The van der Waals surface area contributed by atoms with E-state index in [2.05, 4.69) is 22.5 Å². The number of hydrogen-bond acceptors (Lipinski definition) is 3. The average molecular weight is 326 g/mol. The summed E-state index contributed by atoms with van der Waals surface area (Å²) >= 11 is 3.22. The number of fused-ring (bicyclic) bond motifs is 1. The second-order valence-electron chi connectivity index (χ2n) is 4.03. The molecule has 1 amide bonds. The van der Waals surface area contributed by atoms with E-state index in [1.807, 2.05) is 0 Å². The van der Waals surface area contributed by atoms with Gasteiger partial charge in [0.05, 0.1) is 11.3 Å². The molecule has 1 aliphatic rings. The van der Waals surface area contributed by atoms with Gasteiger partial charge in [-0.25, -0.2) is 9.59 Å². The van der Waals surface area contributed by atoms with E-state index in [0.29, 0.717) is 23.1 Å². The van der Waals surface area contributed by atoms with Crippen LogP contribution >= 0.6 is 15.9 Å². The van der Waals surface area contributed by atoms with Gasteiger partial charge < -0.3 is 9.84 Å². The quantitative estimate of drug-likeness (QED) is 0.868. The maximum absolute atomic E-state index is 11.8. The SMILES string of the molecule is C=CCOC(=O)N1CCc2cc(Br)c(C(=O)O)cc21. The minimum Gasteiger partial charge on any atom is -0.478 e. The van der Waals surface area contributed by atoms with Gasteiger partial charge in [-0.1, -0.05) is 12.7 Å². The van der Waals surface area contributed by atoms with Gasteiger partial charge in [0.2, 0.25) is 0 Å². The Kier molecular flexibility index (Phi) is 3.90. The molecule has 5 nitrogen and oxygen atoms in total. The number of halogens is 1. The monoisotopic (exact) mass is 325 g/mol. The summed E-state index contributed by atoms with van der Waals surface area (Å²) in [6, 6.07) is 3.23. The van der Waals surface area contributed by atoms with Crippen molar-refractivity contribution in [1.29, 1.82) is 0 Å². The fourth-order valence-corrected chi connectivity index (χ4v) is 2.53. The first-order valence-electron chi connectivity index (χ1n) is 5.65. The Morgan fingerprint density at radius 3 is 2.89 bits per heavy atom. The number of carbonyl (C=O) groups excluding carboxylic acids is 1. The maximum atomic E-state index is 11.8. The number of benzene rings is 1. The van der Waals surface area contributed by atoms with Crippen LogP contribution in [0.4, 0.5) is 10.5 Å². The van der Waals surface area contributed by atoms with Gasteiger partial charge in [-0.2, -0.15) is 0 Å². The van der Waals surface area contributed by atoms with Crippen molar-refractivity contribution in [2.75, 3.05) is 18.1 Å². The Morgan fingerprint density at radius 2 is 2.26 bits per heavy atom. The summed E-state index contributed by atoms with van der Waals surface area (Å²) in [6.07, 6.45) is 1.67. The molecule has 1 heterocycles. The molecular formula is C13H12BrNO4. The van der Waals surface area contributed by atoms with Crippen molar-refractivity contribution in [3.63, 3.8) is 0 Å². The molecule has 0 spiro atoms. The molecule has 0 bridgehead atoms. The van der Waals surface area contributed by atoms with Gasteiger partial charge in [0.25, 0.3) is 0 Å². The summed E-state index contributed by atoms with van der Waals surface area (Å²) in [5.41, 5.74) is 1.64. The second-order valence-corrected chi connectivity index (χ2v) is 4.89. The molecule has 19 heavy (non-hydrogen) atoms. The fraction of sp³-hybridized carbons (Fsp3) is 0.231. The summed E-state index contributed by atoms with van der Waals surface area (Å²) in [6.45, 7) is 4.09. The van der Waals surface area contributed by atoms with Gasteiger partial charge in [0.1, 0.15) is 6.61 Å². The molecule has 1 N–H and O–H groups in total. The van der Waals surface area contributed by atoms with Crippen molar-refractivity contribution in [2.24, 2.45) is 0 Å². The number of carboxylic acid groups (broad SMARTS) is 1. The highest BCUT2D eigenvalue weighted by Crippen LogP contribution is 2.33. The van der Waals surface area contributed by atoms with Crippen LogP contribution in [0.5, 0.6) is 0 Å². The van der Waals surface area contributed by atoms with Crippen LogP contribution in [0.15, 0.2) is 29.3 Å². The molecule has 0 atom stereocenters. The van der Waals surface area contributed by atoms with Crippen LogP contribution in [0.1, 0.15) is 15.9 Å². The number of amides is 1. The van der Waals surface area contributed by atoms with E-state index in [1.54, 1.807) is 6.07 Å². The second kappa shape index (κ2) is 5.44. The van der Waals surface area contributed by atoms with E-state index in [0.717, 1.165) is 5.56 Å². The van der Waals surface area contributed by atoms with Crippen molar-refractivity contribution in [3.8, 4) is 0 Å². The number of rotatable bonds is 3. The van der Waals surface area contributed by atoms with Crippen LogP contribution in [0.25, 0.3) is 0 Å². The predicted molar refractivity (Wildman–Crippen MR) is 73.7 cm³/mol. The van der Waals surface area contributed by atoms with Gasteiger partial charge in [0, 0.05) is 11.0 Å². The first kappa shape index (κ1) is 13.6. The Morgan fingerprint density at radius 1 is 1.53 bits per heavy atom. The molecule has 0 saturated heterocycles. The highest BCUT2D eigenvalue weighted by atomic mass is 79.9. The number of hydrogen-bond donors (Lipinski definition) is 1. The molecule has 0 radical (unpaired) electrons. The highest BCUT2D eigenvalue weighted by molar-refractivity contribution is 9.10. The van der Waals surface area contributed by atoms with Crippen molar-refractivity contribution in [1.82, 2.24) is 0 Å². The van der Waals surface area contributed by atoms with Crippen molar-refractivity contribution >= 4 is 33.7 Å². The lowest BCUT2D eigenvalue weighted by Gasteiger charge is -2.17. The van der Waals surface area contributed by atoms with Gasteiger partial charge in [-0.3, -0.25) is 4.90 Å². The molecule has 0 aliphatic carbocycles. The number of carboxylic acids is 1. The normalized spacial score (nSPS) is 13.0. The van der Waals surface area contributed by atoms with E-state index in [1.165, 1.54) is 17.0 Å².